The summed E-state index contributed by atoms with van der Waals surface area (Å²) in [5, 5.41) is 1.04. The van der Waals surface area contributed by atoms with Crippen LogP contribution in [0.2, 0.25) is 0 Å². The number of nitrogens with zero attached hydrogens (tertiary/aromatic N) is 2. The Kier molecular flexibility index (Phi) is 3.08. The topological polar surface area (TPSA) is 61.0 Å². The van der Waals surface area contributed by atoms with Crippen molar-refractivity contribution in [3.8, 4) is 11.5 Å². The maximum atomic E-state index is 5.85. The van der Waals surface area contributed by atoms with E-state index in [1.807, 2.05) is 36.4 Å². The molecule has 0 radical (unpaired) electrons. The Bertz CT molecular complexity index is 707. The minimum Gasteiger partial charge on any atom is -0.453 e. The lowest BCUT2D eigenvalue weighted by Gasteiger charge is -2.08. The number of nitrogens with two attached hydrogens (primary N) is 1. The minimum atomic E-state index is 0.442. The molecule has 4 heteroatoms. The van der Waals surface area contributed by atoms with Crippen molar-refractivity contribution in [2.45, 2.75) is 6.54 Å². The zero-order valence-corrected chi connectivity index (χ0v) is 10.3. The van der Waals surface area contributed by atoms with Crippen LogP contribution < -0.4 is 10.5 Å². The summed E-state index contributed by atoms with van der Waals surface area (Å²) in [4.78, 5) is 8.46. The first-order valence-corrected chi connectivity index (χ1v) is 6.02. The SMILES string of the molecule is NCc1cncc(Oc2cccc3cccnc23)c1. The molecule has 2 N–H and O–H groups in total. The lowest BCUT2D eigenvalue weighted by atomic mass is 10.2. The standard InChI is InChI=1S/C15H13N3O/c16-8-11-7-13(10-17-9-11)19-14-5-1-3-12-4-2-6-18-15(12)14/h1-7,9-10H,8,16H2. The van der Waals surface area contributed by atoms with Gasteiger partial charge in [-0.15, -0.1) is 0 Å². The summed E-state index contributed by atoms with van der Waals surface area (Å²) in [6.45, 7) is 0.442. The van der Waals surface area contributed by atoms with Crippen LogP contribution in [-0.2, 0) is 6.54 Å². The van der Waals surface area contributed by atoms with Gasteiger partial charge in [0.05, 0.1) is 6.20 Å². The number of rotatable bonds is 3. The summed E-state index contributed by atoms with van der Waals surface area (Å²) < 4.78 is 5.85. The van der Waals surface area contributed by atoms with Crippen molar-refractivity contribution in [3.63, 3.8) is 0 Å². The van der Waals surface area contributed by atoms with Gasteiger partial charge >= 0.3 is 0 Å². The molecule has 2 heterocycles. The highest BCUT2D eigenvalue weighted by Crippen LogP contribution is 2.28. The van der Waals surface area contributed by atoms with Crippen molar-refractivity contribution in [2.24, 2.45) is 5.73 Å². The van der Waals surface area contributed by atoms with Crippen molar-refractivity contribution in [1.82, 2.24) is 9.97 Å². The van der Waals surface area contributed by atoms with Gasteiger partial charge in [-0.3, -0.25) is 9.97 Å². The van der Waals surface area contributed by atoms with Crippen LogP contribution in [-0.4, -0.2) is 9.97 Å². The molecule has 0 atom stereocenters. The molecule has 0 fully saturated rings. The summed E-state index contributed by atoms with van der Waals surface area (Å²) in [6, 6.07) is 11.6. The molecule has 0 saturated heterocycles. The fourth-order valence-corrected chi connectivity index (χ4v) is 1.92. The summed E-state index contributed by atoms with van der Waals surface area (Å²) >= 11 is 0. The van der Waals surface area contributed by atoms with E-state index in [4.69, 9.17) is 10.5 Å². The van der Waals surface area contributed by atoms with Crippen molar-refractivity contribution in [1.29, 1.82) is 0 Å². The molecule has 0 saturated carbocycles. The first-order chi connectivity index (χ1) is 9.36. The second kappa shape index (κ2) is 5.04. The summed E-state index contributed by atoms with van der Waals surface area (Å²) in [5.74, 6) is 1.38. The average Bonchev–Trinajstić information content (AvgIpc) is 2.48. The summed E-state index contributed by atoms with van der Waals surface area (Å²) in [6.07, 6.45) is 5.15. The third kappa shape index (κ3) is 2.39. The van der Waals surface area contributed by atoms with Crippen LogP contribution in [0.15, 0.2) is 55.0 Å². The molecule has 3 rings (SSSR count). The van der Waals surface area contributed by atoms with E-state index >= 15 is 0 Å². The molecule has 0 aliphatic rings. The second-order valence-electron chi connectivity index (χ2n) is 4.17. The van der Waals surface area contributed by atoms with Gasteiger partial charge in [0, 0.05) is 24.3 Å². The summed E-state index contributed by atoms with van der Waals surface area (Å²) in [5.41, 5.74) is 7.37. The maximum absolute atomic E-state index is 5.85. The monoisotopic (exact) mass is 251 g/mol. The van der Waals surface area contributed by atoms with Gasteiger partial charge in [0.1, 0.15) is 11.3 Å². The number of hydrogen-bond donors (Lipinski definition) is 1. The van der Waals surface area contributed by atoms with Crippen LogP contribution >= 0.6 is 0 Å². The zero-order valence-electron chi connectivity index (χ0n) is 10.3. The Morgan fingerprint density at radius 2 is 2.00 bits per heavy atom. The van der Waals surface area contributed by atoms with Gasteiger partial charge in [-0.25, -0.2) is 0 Å². The molecule has 4 nitrogen and oxygen atoms in total. The molecule has 3 aromatic rings. The number of ether oxygens (including phenoxy) is 1. The van der Waals surface area contributed by atoms with E-state index in [9.17, 15) is 0 Å². The molecule has 0 aliphatic heterocycles. The highest BCUT2D eigenvalue weighted by Gasteiger charge is 2.04. The normalized spacial score (nSPS) is 10.6. The zero-order chi connectivity index (χ0) is 13.1. The highest BCUT2D eigenvalue weighted by atomic mass is 16.5. The molecule has 0 aliphatic carbocycles. The van der Waals surface area contributed by atoms with Gasteiger partial charge in [0.25, 0.3) is 0 Å². The molecule has 94 valence electrons. The van der Waals surface area contributed by atoms with Gasteiger partial charge in [-0.05, 0) is 23.8 Å². The van der Waals surface area contributed by atoms with Gasteiger partial charge < -0.3 is 10.5 Å². The van der Waals surface area contributed by atoms with Gasteiger partial charge in [0.2, 0.25) is 0 Å². The van der Waals surface area contributed by atoms with Crippen LogP contribution in [0.5, 0.6) is 11.5 Å². The Morgan fingerprint density at radius 1 is 1.11 bits per heavy atom. The van der Waals surface area contributed by atoms with Crippen LogP contribution in [0.3, 0.4) is 0 Å². The van der Waals surface area contributed by atoms with Crippen molar-refractivity contribution < 1.29 is 4.74 Å². The van der Waals surface area contributed by atoms with Crippen molar-refractivity contribution in [3.05, 3.63) is 60.6 Å². The molecule has 0 amide bonds. The van der Waals surface area contributed by atoms with E-state index in [1.54, 1.807) is 18.6 Å². The molecule has 2 aromatic heterocycles. The lowest BCUT2D eigenvalue weighted by molar-refractivity contribution is 0.484. The Morgan fingerprint density at radius 3 is 2.89 bits per heavy atom. The maximum Gasteiger partial charge on any atom is 0.153 e. The van der Waals surface area contributed by atoms with Crippen LogP contribution in [0.4, 0.5) is 0 Å². The number of hydrogen-bond acceptors (Lipinski definition) is 4. The average molecular weight is 251 g/mol. The van der Waals surface area contributed by atoms with Gasteiger partial charge in [-0.1, -0.05) is 18.2 Å². The van der Waals surface area contributed by atoms with E-state index < -0.39 is 0 Å². The molecule has 19 heavy (non-hydrogen) atoms. The number of aromatic nitrogens is 2. The minimum absolute atomic E-state index is 0.442. The number of fused-ring (bicyclic) bond motifs is 1. The van der Waals surface area contributed by atoms with Gasteiger partial charge in [-0.2, -0.15) is 0 Å². The Balaban J connectivity index is 2.01. The fraction of sp³-hybridized carbons (Fsp3) is 0.0667. The van der Waals surface area contributed by atoms with E-state index in [0.717, 1.165) is 16.5 Å². The van der Waals surface area contributed by atoms with Crippen LogP contribution in [0, 0.1) is 0 Å². The molecular weight excluding hydrogens is 238 g/mol. The number of pyridine rings is 2. The lowest BCUT2D eigenvalue weighted by Crippen LogP contribution is -1.97. The quantitative estimate of drug-likeness (QED) is 0.777. The fourth-order valence-electron chi connectivity index (χ4n) is 1.92. The van der Waals surface area contributed by atoms with E-state index in [-0.39, 0.29) is 0 Å². The Hall–Kier alpha value is -2.46. The number of para-hydroxylation sites is 1. The third-order valence-electron chi connectivity index (χ3n) is 2.83. The molecule has 0 unspecified atom stereocenters. The van der Waals surface area contributed by atoms with Crippen molar-refractivity contribution >= 4 is 10.9 Å². The van der Waals surface area contributed by atoms with Crippen LogP contribution in [0.25, 0.3) is 10.9 Å². The molecule has 0 bridgehead atoms. The van der Waals surface area contributed by atoms with Crippen LogP contribution in [0.1, 0.15) is 5.56 Å². The molecular formula is C15H13N3O. The predicted octanol–water partition coefficient (Wildman–Crippen LogP) is 2.88. The predicted molar refractivity (Wildman–Crippen MR) is 73.9 cm³/mol. The summed E-state index contributed by atoms with van der Waals surface area (Å²) in [7, 11) is 0. The number of benzene rings is 1. The first kappa shape index (κ1) is 11.6. The van der Waals surface area contributed by atoms with E-state index in [1.165, 1.54) is 0 Å². The smallest absolute Gasteiger partial charge is 0.153 e. The Labute approximate surface area is 110 Å². The largest absolute Gasteiger partial charge is 0.453 e. The van der Waals surface area contributed by atoms with Crippen molar-refractivity contribution in [2.75, 3.05) is 0 Å². The van der Waals surface area contributed by atoms with Gasteiger partial charge in [0.15, 0.2) is 5.75 Å². The molecule has 0 spiro atoms. The third-order valence-corrected chi connectivity index (χ3v) is 2.83. The van der Waals surface area contributed by atoms with E-state index in [0.29, 0.717) is 18.0 Å². The first-order valence-electron chi connectivity index (χ1n) is 6.02. The van der Waals surface area contributed by atoms with E-state index in [2.05, 4.69) is 9.97 Å². The second-order valence-corrected chi connectivity index (χ2v) is 4.17. The highest BCUT2D eigenvalue weighted by molar-refractivity contribution is 5.84. The molecule has 1 aromatic carbocycles.